The molecule has 27 heavy (non-hydrogen) atoms. The summed E-state index contributed by atoms with van der Waals surface area (Å²) in [6, 6.07) is 10.5. The monoisotopic (exact) mass is 372 g/mol. The number of aliphatic hydroxyl groups excluding tert-OH is 1. The van der Waals surface area contributed by atoms with Gasteiger partial charge in [0, 0.05) is 11.7 Å². The predicted octanol–water partition coefficient (Wildman–Crippen LogP) is 2.76. The lowest BCUT2D eigenvalue weighted by molar-refractivity contribution is -0.134. The van der Waals surface area contributed by atoms with Crippen molar-refractivity contribution in [3.05, 3.63) is 58.7 Å². The smallest absolute Gasteiger partial charge is 0.322 e. The number of nitrogens with one attached hydrogen (secondary N) is 2. The van der Waals surface area contributed by atoms with Gasteiger partial charge < -0.3 is 26.0 Å². The highest BCUT2D eigenvalue weighted by atomic mass is 16.4. The maximum Gasteiger partial charge on any atom is 0.322 e. The fourth-order valence-corrected chi connectivity index (χ4v) is 3.01. The fraction of sp³-hybridized carbons (Fsp3) is 0.381. The first kappa shape index (κ1) is 20.7. The van der Waals surface area contributed by atoms with E-state index in [1.54, 1.807) is 24.3 Å². The van der Waals surface area contributed by atoms with Gasteiger partial charge in [-0.15, -0.1) is 0 Å². The molecule has 0 saturated heterocycles. The van der Waals surface area contributed by atoms with E-state index in [9.17, 15) is 15.0 Å². The summed E-state index contributed by atoms with van der Waals surface area (Å²) >= 11 is 0. The Morgan fingerprint density at radius 3 is 2.41 bits per heavy atom. The Bertz CT molecular complexity index is 774. The topological polar surface area (TPSA) is 102 Å². The molecule has 0 amide bonds. The van der Waals surface area contributed by atoms with Crippen LogP contribution < -0.4 is 10.6 Å². The number of carbonyl (C=O) groups is 1. The van der Waals surface area contributed by atoms with Crippen LogP contribution in [0, 0.1) is 13.8 Å². The molecule has 146 valence electrons. The van der Waals surface area contributed by atoms with Gasteiger partial charge in [0.25, 0.3) is 0 Å². The van der Waals surface area contributed by atoms with Crippen LogP contribution in [0.3, 0.4) is 0 Å². The number of hydrogen-bond acceptors (Lipinski definition) is 5. The first-order chi connectivity index (χ1) is 12.8. The van der Waals surface area contributed by atoms with E-state index in [1.807, 2.05) is 26.8 Å². The standard InChI is InChI=1S/C21H28N2O4/c1-13-11-19(23-12-20(25)26)14(2)10-17(13)8-9-22-15(3)21(27)16-4-6-18(24)7-5-16/h4-7,10-11,15,21-24,27H,8-9,12H2,1-3H3,(H,25,26)/t15-,21+/m0/s1. The van der Waals surface area contributed by atoms with Gasteiger partial charge in [-0.05, 0) is 74.2 Å². The minimum atomic E-state index is -0.887. The summed E-state index contributed by atoms with van der Waals surface area (Å²) < 4.78 is 0. The van der Waals surface area contributed by atoms with Gasteiger partial charge in [0.15, 0.2) is 0 Å². The number of aliphatic carboxylic acids is 1. The Morgan fingerprint density at radius 1 is 1.11 bits per heavy atom. The molecular weight excluding hydrogens is 344 g/mol. The molecule has 0 aliphatic heterocycles. The van der Waals surface area contributed by atoms with Crippen LogP contribution in [0.5, 0.6) is 5.75 Å². The first-order valence-corrected chi connectivity index (χ1v) is 9.04. The number of anilines is 1. The van der Waals surface area contributed by atoms with Crippen molar-refractivity contribution in [3.8, 4) is 5.75 Å². The number of aromatic hydroxyl groups is 1. The summed E-state index contributed by atoms with van der Waals surface area (Å²) in [6.45, 7) is 6.49. The molecule has 2 rings (SSSR count). The van der Waals surface area contributed by atoms with Crippen molar-refractivity contribution in [1.82, 2.24) is 5.32 Å². The van der Waals surface area contributed by atoms with Crippen LogP contribution in [0.1, 0.15) is 35.3 Å². The van der Waals surface area contributed by atoms with Crippen molar-refractivity contribution in [2.75, 3.05) is 18.4 Å². The molecule has 2 atom stereocenters. The summed E-state index contributed by atoms with van der Waals surface area (Å²) in [5, 5.41) is 34.8. The molecule has 2 aromatic carbocycles. The summed E-state index contributed by atoms with van der Waals surface area (Å²) in [6.07, 6.45) is 0.148. The number of benzene rings is 2. The molecule has 0 heterocycles. The van der Waals surface area contributed by atoms with Gasteiger partial charge in [-0.2, -0.15) is 0 Å². The average molecular weight is 372 g/mol. The normalized spacial score (nSPS) is 13.2. The Hall–Kier alpha value is -2.57. The van der Waals surface area contributed by atoms with E-state index in [4.69, 9.17) is 5.11 Å². The van der Waals surface area contributed by atoms with Crippen LogP contribution in [-0.4, -0.2) is 40.4 Å². The van der Waals surface area contributed by atoms with Gasteiger partial charge in [0.05, 0.1) is 6.10 Å². The van der Waals surface area contributed by atoms with Crippen molar-refractivity contribution in [2.45, 2.75) is 39.3 Å². The van der Waals surface area contributed by atoms with Crippen molar-refractivity contribution in [3.63, 3.8) is 0 Å². The molecule has 6 nitrogen and oxygen atoms in total. The molecule has 5 N–H and O–H groups in total. The Labute approximate surface area is 159 Å². The van der Waals surface area contributed by atoms with Gasteiger partial charge in [0.1, 0.15) is 12.3 Å². The van der Waals surface area contributed by atoms with Crippen LogP contribution >= 0.6 is 0 Å². The highest BCUT2D eigenvalue weighted by Gasteiger charge is 2.16. The zero-order valence-electron chi connectivity index (χ0n) is 16.0. The molecule has 0 aliphatic carbocycles. The average Bonchev–Trinajstić information content (AvgIpc) is 2.62. The quantitative estimate of drug-likeness (QED) is 0.464. The third-order valence-corrected chi connectivity index (χ3v) is 4.68. The van der Waals surface area contributed by atoms with Crippen molar-refractivity contribution < 1.29 is 20.1 Å². The van der Waals surface area contributed by atoms with E-state index in [0.717, 1.165) is 28.8 Å². The van der Waals surface area contributed by atoms with Crippen LogP contribution in [0.25, 0.3) is 0 Å². The highest BCUT2D eigenvalue weighted by molar-refractivity contribution is 5.73. The van der Waals surface area contributed by atoms with Crippen LogP contribution in [0.2, 0.25) is 0 Å². The van der Waals surface area contributed by atoms with Gasteiger partial charge in [-0.25, -0.2) is 0 Å². The molecule has 0 unspecified atom stereocenters. The lowest BCUT2D eigenvalue weighted by atomic mass is 10.00. The molecule has 0 fully saturated rings. The minimum absolute atomic E-state index is 0.103. The van der Waals surface area contributed by atoms with Crippen LogP contribution in [0.15, 0.2) is 36.4 Å². The lowest BCUT2D eigenvalue weighted by Gasteiger charge is -2.21. The van der Waals surface area contributed by atoms with Gasteiger partial charge in [0.2, 0.25) is 0 Å². The lowest BCUT2D eigenvalue weighted by Crippen LogP contribution is -2.33. The van der Waals surface area contributed by atoms with E-state index < -0.39 is 12.1 Å². The SMILES string of the molecule is Cc1cc(NCC(=O)O)c(C)cc1CCN[C@@H](C)[C@@H](O)c1ccc(O)cc1. The number of rotatable bonds is 9. The Balaban J connectivity index is 1.91. The molecule has 0 spiro atoms. The summed E-state index contributed by atoms with van der Waals surface area (Å²) in [4.78, 5) is 10.7. The van der Waals surface area contributed by atoms with Crippen molar-refractivity contribution >= 4 is 11.7 Å². The molecule has 2 aromatic rings. The zero-order valence-corrected chi connectivity index (χ0v) is 16.0. The van der Waals surface area contributed by atoms with E-state index in [-0.39, 0.29) is 18.3 Å². The maximum atomic E-state index is 10.7. The van der Waals surface area contributed by atoms with Crippen molar-refractivity contribution in [1.29, 1.82) is 0 Å². The number of phenolic OH excluding ortho intramolecular Hbond substituents is 1. The maximum absolute atomic E-state index is 10.7. The van der Waals surface area contributed by atoms with Crippen molar-refractivity contribution in [2.24, 2.45) is 0 Å². The molecule has 0 aliphatic rings. The van der Waals surface area contributed by atoms with Gasteiger partial charge >= 0.3 is 5.97 Å². The van der Waals surface area contributed by atoms with E-state index in [1.165, 1.54) is 5.56 Å². The molecule has 6 heteroatoms. The van der Waals surface area contributed by atoms with Gasteiger partial charge in [-0.3, -0.25) is 4.79 Å². The summed E-state index contributed by atoms with van der Waals surface area (Å²) in [5.74, 6) is -0.708. The molecule has 0 bridgehead atoms. The predicted molar refractivity (Wildman–Crippen MR) is 106 cm³/mol. The largest absolute Gasteiger partial charge is 0.508 e. The molecule has 0 aromatic heterocycles. The number of carboxylic acids is 1. The van der Waals surface area contributed by atoms with Gasteiger partial charge in [-0.1, -0.05) is 18.2 Å². The molecule has 0 saturated carbocycles. The first-order valence-electron chi connectivity index (χ1n) is 9.04. The number of aliphatic hydroxyl groups is 1. The van der Waals surface area contributed by atoms with E-state index in [0.29, 0.717) is 6.54 Å². The number of carboxylic acid groups (broad SMARTS) is 1. The molecular formula is C21H28N2O4. The number of aryl methyl sites for hydroxylation is 2. The zero-order chi connectivity index (χ0) is 20.0. The highest BCUT2D eigenvalue weighted by Crippen LogP contribution is 2.22. The second-order valence-corrected chi connectivity index (χ2v) is 6.87. The number of hydrogen-bond donors (Lipinski definition) is 5. The Morgan fingerprint density at radius 2 is 1.78 bits per heavy atom. The number of phenols is 1. The second kappa shape index (κ2) is 9.39. The fourth-order valence-electron chi connectivity index (χ4n) is 3.01. The summed E-state index contributed by atoms with van der Waals surface area (Å²) in [5.41, 5.74) is 4.89. The van der Waals surface area contributed by atoms with E-state index >= 15 is 0 Å². The van der Waals surface area contributed by atoms with Crippen LogP contribution in [-0.2, 0) is 11.2 Å². The van der Waals surface area contributed by atoms with E-state index in [2.05, 4.69) is 16.7 Å². The van der Waals surface area contributed by atoms with Crippen LogP contribution in [0.4, 0.5) is 5.69 Å². The second-order valence-electron chi connectivity index (χ2n) is 6.87. The Kier molecular flexibility index (Phi) is 7.21. The third kappa shape index (κ3) is 5.98. The molecule has 0 radical (unpaired) electrons. The minimum Gasteiger partial charge on any atom is -0.508 e. The summed E-state index contributed by atoms with van der Waals surface area (Å²) in [7, 11) is 0. The third-order valence-electron chi connectivity index (χ3n) is 4.68.